The highest BCUT2D eigenvalue weighted by molar-refractivity contribution is 7.99. The first-order valence-electron chi connectivity index (χ1n) is 9.50. The van der Waals surface area contributed by atoms with Crippen molar-refractivity contribution in [2.75, 3.05) is 18.2 Å². The molecule has 0 fully saturated rings. The van der Waals surface area contributed by atoms with Gasteiger partial charge in [0.15, 0.2) is 5.75 Å². The highest BCUT2D eigenvalue weighted by atomic mass is 32.2. The van der Waals surface area contributed by atoms with E-state index in [0.29, 0.717) is 23.0 Å². The topological polar surface area (TPSA) is 73.6 Å². The van der Waals surface area contributed by atoms with Crippen molar-refractivity contribution in [2.24, 2.45) is 0 Å². The molecule has 1 amide bonds. The minimum absolute atomic E-state index is 0.0267. The number of methoxy groups -OCH3 is 1. The van der Waals surface area contributed by atoms with Crippen molar-refractivity contribution >= 4 is 23.4 Å². The van der Waals surface area contributed by atoms with E-state index in [4.69, 9.17) is 14.0 Å². The average Bonchev–Trinajstić information content (AvgIpc) is 3.06. The molecular formula is C22H21F3N2O4S. The Bertz CT molecular complexity index is 1080. The molecule has 0 saturated heterocycles. The van der Waals surface area contributed by atoms with Crippen LogP contribution in [-0.2, 0) is 16.7 Å². The molecule has 0 aliphatic rings. The van der Waals surface area contributed by atoms with Crippen LogP contribution in [0.3, 0.4) is 0 Å². The summed E-state index contributed by atoms with van der Waals surface area (Å²) in [6.45, 7) is 3.58. The van der Waals surface area contributed by atoms with Gasteiger partial charge in [-0.1, -0.05) is 11.2 Å². The van der Waals surface area contributed by atoms with Gasteiger partial charge < -0.3 is 19.3 Å². The standard InChI is InChI=1S/C22H21F3N2O4S/c1-13-18(14(2)31-27-13)11-32-12-21(28)26-19-9-15(22(23,24)25)7-8-20(19)30-17-6-4-5-16(10-17)29-3/h4-10H,11-12H2,1-3H3,(H,26,28). The smallest absolute Gasteiger partial charge is 0.416 e. The van der Waals surface area contributed by atoms with Crippen LogP contribution in [0, 0.1) is 13.8 Å². The zero-order valence-electron chi connectivity index (χ0n) is 17.6. The van der Waals surface area contributed by atoms with E-state index < -0.39 is 17.6 Å². The van der Waals surface area contributed by atoms with Crippen LogP contribution in [0.25, 0.3) is 0 Å². The summed E-state index contributed by atoms with van der Waals surface area (Å²) in [4.78, 5) is 12.4. The number of nitrogens with zero attached hydrogens (tertiary/aromatic N) is 1. The Labute approximate surface area is 187 Å². The van der Waals surface area contributed by atoms with E-state index in [1.807, 2.05) is 0 Å². The molecule has 0 unspecified atom stereocenters. The van der Waals surface area contributed by atoms with Gasteiger partial charge in [-0.05, 0) is 44.2 Å². The van der Waals surface area contributed by atoms with Gasteiger partial charge in [0.25, 0.3) is 0 Å². The third-order valence-electron chi connectivity index (χ3n) is 4.51. The van der Waals surface area contributed by atoms with Crippen LogP contribution in [0.2, 0.25) is 0 Å². The van der Waals surface area contributed by atoms with Gasteiger partial charge in [0.2, 0.25) is 5.91 Å². The summed E-state index contributed by atoms with van der Waals surface area (Å²) in [6, 6.07) is 9.53. The molecule has 1 aromatic heterocycles. The Morgan fingerprint density at radius 3 is 2.56 bits per heavy atom. The van der Waals surface area contributed by atoms with Crippen LogP contribution in [0.5, 0.6) is 17.2 Å². The number of thioether (sulfide) groups is 1. The van der Waals surface area contributed by atoms with Gasteiger partial charge in [0, 0.05) is 17.4 Å². The quantitative estimate of drug-likeness (QED) is 0.440. The number of aromatic nitrogens is 1. The third kappa shape index (κ3) is 5.97. The number of carbonyl (C=O) groups is 1. The monoisotopic (exact) mass is 466 g/mol. The molecule has 10 heteroatoms. The van der Waals surface area contributed by atoms with E-state index in [9.17, 15) is 18.0 Å². The van der Waals surface area contributed by atoms with Crippen LogP contribution in [-0.4, -0.2) is 23.9 Å². The van der Waals surface area contributed by atoms with Crippen molar-refractivity contribution in [1.29, 1.82) is 0 Å². The van der Waals surface area contributed by atoms with E-state index in [0.717, 1.165) is 23.4 Å². The molecule has 0 aliphatic heterocycles. The third-order valence-corrected chi connectivity index (χ3v) is 5.47. The first-order valence-corrected chi connectivity index (χ1v) is 10.7. The molecule has 0 atom stereocenters. The van der Waals surface area contributed by atoms with Crippen LogP contribution < -0.4 is 14.8 Å². The fourth-order valence-corrected chi connectivity index (χ4v) is 3.80. The molecule has 32 heavy (non-hydrogen) atoms. The average molecular weight is 466 g/mol. The maximum absolute atomic E-state index is 13.2. The van der Waals surface area contributed by atoms with Gasteiger partial charge in [-0.3, -0.25) is 4.79 Å². The number of hydrogen-bond acceptors (Lipinski definition) is 6. The van der Waals surface area contributed by atoms with E-state index in [2.05, 4.69) is 10.5 Å². The van der Waals surface area contributed by atoms with E-state index in [-0.39, 0.29) is 17.2 Å². The fourth-order valence-electron chi connectivity index (χ4n) is 2.82. The molecule has 3 aromatic rings. The van der Waals surface area contributed by atoms with Gasteiger partial charge in [-0.25, -0.2) is 0 Å². The van der Waals surface area contributed by atoms with Crippen molar-refractivity contribution in [3.63, 3.8) is 0 Å². The largest absolute Gasteiger partial charge is 0.497 e. The summed E-state index contributed by atoms with van der Waals surface area (Å²) >= 11 is 1.30. The summed E-state index contributed by atoms with van der Waals surface area (Å²) in [7, 11) is 1.49. The Balaban J connectivity index is 1.75. The zero-order valence-corrected chi connectivity index (χ0v) is 18.4. The van der Waals surface area contributed by atoms with E-state index in [1.165, 1.54) is 24.9 Å². The number of nitrogens with one attached hydrogen (secondary N) is 1. The number of carbonyl (C=O) groups excluding carboxylic acids is 1. The second-order valence-corrected chi connectivity index (χ2v) is 7.82. The number of alkyl halides is 3. The Morgan fingerprint density at radius 2 is 1.91 bits per heavy atom. The van der Waals surface area contributed by atoms with Gasteiger partial charge in [0.1, 0.15) is 17.3 Å². The Hall–Kier alpha value is -3.14. The lowest BCUT2D eigenvalue weighted by Crippen LogP contribution is -2.16. The molecule has 0 saturated carbocycles. The molecule has 2 aromatic carbocycles. The lowest BCUT2D eigenvalue weighted by Gasteiger charge is -2.15. The highest BCUT2D eigenvalue weighted by Gasteiger charge is 2.31. The molecule has 3 rings (SSSR count). The Morgan fingerprint density at radius 1 is 1.16 bits per heavy atom. The van der Waals surface area contributed by atoms with Crippen LogP contribution >= 0.6 is 11.8 Å². The summed E-state index contributed by atoms with van der Waals surface area (Å²) in [5, 5.41) is 6.38. The van der Waals surface area contributed by atoms with Crippen LogP contribution in [0.4, 0.5) is 18.9 Å². The molecule has 6 nitrogen and oxygen atoms in total. The van der Waals surface area contributed by atoms with Crippen molar-refractivity contribution in [2.45, 2.75) is 25.8 Å². The summed E-state index contributed by atoms with van der Waals surface area (Å²) in [6.07, 6.45) is -4.56. The minimum Gasteiger partial charge on any atom is -0.497 e. The molecule has 0 spiro atoms. The number of anilines is 1. The highest BCUT2D eigenvalue weighted by Crippen LogP contribution is 2.37. The normalized spacial score (nSPS) is 11.3. The molecule has 1 heterocycles. The number of benzene rings is 2. The first-order chi connectivity index (χ1) is 15.2. The zero-order chi connectivity index (χ0) is 23.3. The van der Waals surface area contributed by atoms with Gasteiger partial charge >= 0.3 is 6.18 Å². The Kier molecular flexibility index (Phi) is 7.34. The first kappa shape index (κ1) is 23.5. The molecule has 0 bridgehead atoms. The summed E-state index contributed by atoms with van der Waals surface area (Å²) in [5.41, 5.74) is 0.658. The second kappa shape index (κ2) is 9.99. The van der Waals surface area contributed by atoms with Crippen molar-refractivity contribution in [3.8, 4) is 17.2 Å². The lowest BCUT2D eigenvalue weighted by molar-refractivity contribution is -0.137. The lowest BCUT2D eigenvalue weighted by atomic mass is 10.1. The fraction of sp³-hybridized carbons (Fsp3) is 0.273. The molecule has 0 radical (unpaired) electrons. The van der Waals surface area contributed by atoms with E-state index in [1.54, 1.807) is 38.1 Å². The van der Waals surface area contributed by atoms with Crippen LogP contribution in [0.1, 0.15) is 22.6 Å². The molecule has 170 valence electrons. The number of halogens is 3. The predicted octanol–water partition coefficient (Wildman–Crippen LogP) is 5.98. The molecule has 0 aliphatic carbocycles. The van der Waals surface area contributed by atoms with Crippen molar-refractivity contribution < 1.29 is 32.0 Å². The number of ether oxygens (including phenoxy) is 2. The maximum atomic E-state index is 13.2. The van der Waals surface area contributed by atoms with Gasteiger partial charge in [0.05, 0.1) is 29.8 Å². The number of aryl methyl sites for hydroxylation is 2. The number of hydrogen-bond donors (Lipinski definition) is 1. The van der Waals surface area contributed by atoms with E-state index >= 15 is 0 Å². The predicted molar refractivity (Wildman–Crippen MR) is 115 cm³/mol. The maximum Gasteiger partial charge on any atom is 0.416 e. The minimum atomic E-state index is -4.56. The number of amides is 1. The molecule has 1 N–H and O–H groups in total. The van der Waals surface area contributed by atoms with Gasteiger partial charge in [-0.2, -0.15) is 13.2 Å². The van der Waals surface area contributed by atoms with Crippen LogP contribution in [0.15, 0.2) is 47.0 Å². The van der Waals surface area contributed by atoms with Gasteiger partial charge in [-0.15, -0.1) is 11.8 Å². The summed E-state index contributed by atoms with van der Waals surface area (Å²) < 4.78 is 55.6. The second-order valence-electron chi connectivity index (χ2n) is 6.83. The SMILES string of the molecule is COc1cccc(Oc2ccc(C(F)(F)F)cc2NC(=O)CSCc2c(C)noc2C)c1. The number of rotatable bonds is 8. The molecular weight excluding hydrogens is 445 g/mol. The van der Waals surface area contributed by atoms with Crippen molar-refractivity contribution in [3.05, 3.63) is 65.0 Å². The summed E-state index contributed by atoms with van der Waals surface area (Å²) in [5.74, 6) is 1.68. The van der Waals surface area contributed by atoms with Crippen molar-refractivity contribution in [1.82, 2.24) is 5.16 Å².